The number of aromatic nitrogens is 2. The van der Waals surface area contributed by atoms with Gasteiger partial charge in [0, 0.05) is 29.5 Å². The summed E-state index contributed by atoms with van der Waals surface area (Å²) in [5, 5.41) is 3.16. The summed E-state index contributed by atoms with van der Waals surface area (Å²) in [5.41, 5.74) is 3.73. The average molecular weight is 621 g/mol. The van der Waals surface area contributed by atoms with Gasteiger partial charge in [-0.3, -0.25) is 9.78 Å². The number of hydrogen-bond acceptors (Lipinski definition) is 7. The predicted molar refractivity (Wildman–Crippen MR) is 179 cm³/mol. The van der Waals surface area contributed by atoms with Gasteiger partial charge in [0.2, 0.25) is 5.56 Å². The molecule has 5 rings (SSSR count). The molecule has 0 unspecified atom stereocenters. The van der Waals surface area contributed by atoms with Gasteiger partial charge in [0.25, 0.3) is 0 Å². The molecule has 2 aromatic heterocycles. The van der Waals surface area contributed by atoms with Crippen LogP contribution in [0.1, 0.15) is 44.5 Å². The molecule has 9 heteroatoms. The van der Waals surface area contributed by atoms with Crippen molar-refractivity contribution in [3.8, 4) is 28.7 Å². The van der Waals surface area contributed by atoms with E-state index in [0.717, 1.165) is 61.5 Å². The number of aryl methyl sites for hydroxylation is 1. The lowest BCUT2D eigenvalue weighted by Crippen LogP contribution is -2.05. The first-order valence-electron chi connectivity index (χ1n) is 14.6. The molecule has 8 nitrogen and oxygen atoms in total. The van der Waals surface area contributed by atoms with Crippen molar-refractivity contribution >= 4 is 34.1 Å². The molecule has 234 valence electrons. The second-order valence-electron chi connectivity index (χ2n) is 9.67. The number of pyridine rings is 2. The minimum absolute atomic E-state index is 0. The summed E-state index contributed by atoms with van der Waals surface area (Å²) in [5.74, 6) is 3.74. The number of fused-ring (bicyclic) bond motifs is 2. The van der Waals surface area contributed by atoms with Crippen LogP contribution >= 0.6 is 12.4 Å². The first-order valence-corrected chi connectivity index (χ1v) is 14.6. The molecule has 1 N–H and O–H groups in total. The number of nitrogens with zero attached hydrogens (tertiary/aromatic N) is 1. The third kappa shape index (κ3) is 8.14. The van der Waals surface area contributed by atoms with Crippen LogP contribution in [0, 0.1) is 6.92 Å². The molecule has 0 amide bonds. The fourth-order valence-electron chi connectivity index (χ4n) is 4.91. The highest BCUT2D eigenvalue weighted by Crippen LogP contribution is 2.35. The number of benzene rings is 3. The van der Waals surface area contributed by atoms with Gasteiger partial charge in [-0.15, -0.1) is 12.4 Å². The van der Waals surface area contributed by atoms with E-state index in [9.17, 15) is 4.79 Å². The van der Waals surface area contributed by atoms with Crippen LogP contribution in [0.25, 0.3) is 21.7 Å². The quantitative estimate of drug-likeness (QED) is 0.162. The van der Waals surface area contributed by atoms with Gasteiger partial charge < -0.3 is 28.7 Å². The van der Waals surface area contributed by atoms with Gasteiger partial charge in [-0.1, -0.05) is 18.2 Å². The van der Waals surface area contributed by atoms with E-state index in [2.05, 4.69) is 16.0 Å². The smallest absolute Gasteiger partial charge is 0.248 e. The van der Waals surface area contributed by atoms with E-state index in [4.69, 9.17) is 23.7 Å². The number of H-pyrrole nitrogens is 1. The van der Waals surface area contributed by atoms with Crippen LogP contribution in [0.4, 0.5) is 0 Å². The molecule has 5 aromatic rings. The number of hydrogen-bond donors (Lipinski definition) is 1. The van der Waals surface area contributed by atoms with Crippen LogP contribution < -0.4 is 29.2 Å². The Balaban J connectivity index is 0.000000295. The maximum atomic E-state index is 11.3. The standard InChI is InChI=1S/C24H29NO4.C11H11NO2.ClH/c1-5-26-21-10-9-17(14-22(21)27-6-2)13-20-19-16-24(29-8-4)23(28-7-3)15-18(19)11-12-25-20;1-7-6-10(13)12-11-8(7)4-3-5-9(11)14-2;/h9-12,14-16H,5-8,13H2,1-4H3;3-6H,1-2H3,(H,12,13);1H. The number of halogens is 1. The molecule has 0 atom stereocenters. The van der Waals surface area contributed by atoms with E-state index in [1.807, 2.05) is 89.3 Å². The Kier molecular flexibility index (Phi) is 12.7. The molecule has 0 aliphatic rings. The molecule has 0 aliphatic carbocycles. The second kappa shape index (κ2) is 16.4. The number of ether oxygens (including phenoxy) is 5. The molecule has 0 bridgehead atoms. The summed E-state index contributed by atoms with van der Waals surface area (Å²) in [4.78, 5) is 18.7. The zero-order valence-electron chi connectivity index (χ0n) is 26.2. The largest absolute Gasteiger partial charge is 0.495 e. The molecule has 44 heavy (non-hydrogen) atoms. The molecule has 0 aliphatic heterocycles. The molecular formula is C35H41ClN2O6. The highest BCUT2D eigenvalue weighted by molar-refractivity contribution is 5.88. The summed E-state index contributed by atoms with van der Waals surface area (Å²) in [6.07, 6.45) is 2.52. The van der Waals surface area contributed by atoms with Crippen LogP contribution in [0.3, 0.4) is 0 Å². The maximum absolute atomic E-state index is 11.3. The van der Waals surface area contributed by atoms with Crippen molar-refractivity contribution < 1.29 is 23.7 Å². The molecule has 0 fully saturated rings. The first-order chi connectivity index (χ1) is 20.9. The van der Waals surface area contributed by atoms with Crippen LogP contribution in [-0.2, 0) is 6.42 Å². The molecule has 3 aromatic carbocycles. The summed E-state index contributed by atoms with van der Waals surface area (Å²) in [6.45, 7) is 12.2. The van der Waals surface area contributed by atoms with E-state index < -0.39 is 0 Å². The lowest BCUT2D eigenvalue weighted by atomic mass is 10.0. The number of methoxy groups -OCH3 is 1. The number of para-hydroxylation sites is 1. The van der Waals surface area contributed by atoms with Crippen LogP contribution in [0.2, 0.25) is 0 Å². The topological polar surface area (TPSA) is 91.9 Å². The lowest BCUT2D eigenvalue weighted by Gasteiger charge is -2.15. The Hall–Kier alpha value is -4.43. The van der Waals surface area contributed by atoms with E-state index in [1.165, 1.54) is 0 Å². The normalized spacial score (nSPS) is 10.4. The number of rotatable bonds is 11. The first kappa shape index (κ1) is 34.1. The van der Waals surface area contributed by atoms with Crippen molar-refractivity contribution in [3.63, 3.8) is 0 Å². The number of aromatic amines is 1. The Morgan fingerprint density at radius 1 is 0.705 bits per heavy atom. The Bertz CT molecular complexity index is 1740. The van der Waals surface area contributed by atoms with Gasteiger partial charge in [0.05, 0.1) is 44.7 Å². The highest BCUT2D eigenvalue weighted by Gasteiger charge is 2.13. The minimum atomic E-state index is -0.0977. The third-order valence-corrected chi connectivity index (χ3v) is 6.76. The zero-order chi connectivity index (χ0) is 30.8. The third-order valence-electron chi connectivity index (χ3n) is 6.76. The SMILES string of the molecule is CCOc1ccc(Cc2nccc3cc(OCC)c(OCC)cc23)cc1OCC.COc1cccc2c(C)cc(=O)[nH]c12.Cl. The van der Waals surface area contributed by atoms with Crippen LogP contribution in [0.15, 0.2) is 71.7 Å². The summed E-state index contributed by atoms with van der Waals surface area (Å²) < 4.78 is 28.2. The van der Waals surface area contributed by atoms with Crippen molar-refractivity contribution in [2.45, 2.75) is 41.0 Å². The lowest BCUT2D eigenvalue weighted by molar-refractivity contribution is 0.287. The summed E-state index contributed by atoms with van der Waals surface area (Å²) >= 11 is 0. The fourth-order valence-corrected chi connectivity index (χ4v) is 4.91. The fraction of sp³-hybridized carbons (Fsp3) is 0.314. The zero-order valence-corrected chi connectivity index (χ0v) is 27.0. The highest BCUT2D eigenvalue weighted by atomic mass is 35.5. The Labute approximate surface area is 264 Å². The molecule has 0 saturated heterocycles. The summed E-state index contributed by atoms with van der Waals surface area (Å²) in [7, 11) is 1.59. The van der Waals surface area contributed by atoms with E-state index in [-0.39, 0.29) is 18.0 Å². The Morgan fingerprint density at radius 3 is 2.00 bits per heavy atom. The molecule has 0 spiro atoms. The number of nitrogens with one attached hydrogen (secondary N) is 1. The summed E-state index contributed by atoms with van der Waals surface area (Å²) in [6, 6.07) is 19.4. The van der Waals surface area contributed by atoms with Gasteiger partial charge in [-0.2, -0.15) is 0 Å². The van der Waals surface area contributed by atoms with Crippen LogP contribution in [-0.4, -0.2) is 43.5 Å². The van der Waals surface area contributed by atoms with Crippen molar-refractivity contribution in [1.29, 1.82) is 0 Å². The predicted octanol–water partition coefficient (Wildman–Crippen LogP) is 7.69. The van der Waals surface area contributed by atoms with Gasteiger partial charge in [-0.25, -0.2) is 0 Å². The van der Waals surface area contributed by atoms with Crippen molar-refractivity contribution in [2.24, 2.45) is 0 Å². The second-order valence-corrected chi connectivity index (χ2v) is 9.67. The van der Waals surface area contributed by atoms with E-state index in [0.29, 0.717) is 38.6 Å². The molecule has 2 heterocycles. The van der Waals surface area contributed by atoms with E-state index >= 15 is 0 Å². The van der Waals surface area contributed by atoms with Crippen molar-refractivity contribution in [3.05, 3.63) is 94.0 Å². The average Bonchev–Trinajstić information content (AvgIpc) is 2.99. The molecule has 0 saturated carbocycles. The monoisotopic (exact) mass is 620 g/mol. The van der Waals surface area contributed by atoms with Gasteiger partial charge >= 0.3 is 0 Å². The van der Waals surface area contributed by atoms with Gasteiger partial charge in [0.1, 0.15) is 5.75 Å². The molecule has 0 radical (unpaired) electrons. The van der Waals surface area contributed by atoms with Crippen molar-refractivity contribution in [1.82, 2.24) is 9.97 Å². The van der Waals surface area contributed by atoms with E-state index in [1.54, 1.807) is 13.2 Å². The van der Waals surface area contributed by atoms with Gasteiger partial charge in [-0.05, 0) is 87.5 Å². The van der Waals surface area contributed by atoms with Crippen LogP contribution in [0.5, 0.6) is 28.7 Å². The van der Waals surface area contributed by atoms with Gasteiger partial charge in [0.15, 0.2) is 23.0 Å². The van der Waals surface area contributed by atoms with Crippen molar-refractivity contribution in [2.75, 3.05) is 33.5 Å². The minimum Gasteiger partial charge on any atom is -0.495 e. The molecular weight excluding hydrogens is 580 g/mol. The maximum Gasteiger partial charge on any atom is 0.248 e. The Morgan fingerprint density at radius 2 is 1.34 bits per heavy atom.